The third-order valence-electron chi connectivity index (χ3n) is 2.52. The number of aromatic nitrogens is 1. The van der Waals surface area contributed by atoms with E-state index in [9.17, 15) is 19.7 Å². The minimum Gasteiger partial charge on any atom is -0.477 e. The highest BCUT2D eigenvalue weighted by atomic mass is 32.1. The number of rotatable bonds is 4. The van der Waals surface area contributed by atoms with Gasteiger partial charge in [0, 0.05) is 6.07 Å². The molecule has 9 heteroatoms. The first-order valence-corrected chi connectivity index (χ1v) is 6.24. The van der Waals surface area contributed by atoms with E-state index >= 15 is 0 Å². The van der Waals surface area contributed by atoms with Gasteiger partial charge in [0.25, 0.3) is 5.91 Å². The third-order valence-corrected chi connectivity index (χ3v) is 3.61. The van der Waals surface area contributed by atoms with Crippen LogP contribution in [0.5, 0.6) is 0 Å². The fraction of sp³-hybridized carbons (Fsp3) is 0.0909. The Morgan fingerprint density at radius 3 is 2.70 bits per heavy atom. The maximum atomic E-state index is 11.9. The lowest BCUT2D eigenvalue weighted by Gasteiger charge is -2.03. The van der Waals surface area contributed by atoms with Crippen LogP contribution < -0.4 is 5.32 Å². The molecule has 0 bridgehead atoms. The fourth-order valence-electron chi connectivity index (χ4n) is 1.56. The SMILES string of the molecule is Cc1csc(C(=O)O)c1NC(=O)c1ccc([N+](=O)[O-])[nH]1. The normalized spacial score (nSPS) is 10.2. The first kappa shape index (κ1) is 13.7. The number of hydrogen-bond acceptors (Lipinski definition) is 5. The van der Waals surface area contributed by atoms with Crippen LogP contribution in [0, 0.1) is 17.0 Å². The molecule has 0 radical (unpaired) electrons. The predicted octanol–water partition coefficient (Wildman–Crippen LogP) is 2.24. The number of nitro groups is 1. The van der Waals surface area contributed by atoms with Gasteiger partial charge in [-0.05, 0) is 28.9 Å². The molecular formula is C11H9N3O5S. The van der Waals surface area contributed by atoms with Gasteiger partial charge in [0.2, 0.25) is 0 Å². The van der Waals surface area contributed by atoms with Gasteiger partial charge in [0.1, 0.15) is 4.88 Å². The van der Waals surface area contributed by atoms with Gasteiger partial charge in [0.15, 0.2) is 5.69 Å². The van der Waals surface area contributed by atoms with Gasteiger partial charge in [-0.3, -0.25) is 4.79 Å². The second kappa shape index (κ2) is 5.13. The van der Waals surface area contributed by atoms with Crippen LogP contribution in [0.15, 0.2) is 17.5 Å². The van der Waals surface area contributed by atoms with Crippen molar-refractivity contribution in [2.75, 3.05) is 5.32 Å². The molecule has 0 aliphatic heterocycles. The number of aryl methyl sites for hydroxylation is 1. The number of carbonyl (C=O) groups is 2. The number of carbonyl (C=O) groups excluding carboxylic acids is 1. The molecule has 0 saturated carbocycles. The van der Waals surface area contributed by atoms with Crippen LogP contribution in [-0.2, 0) is 0 Å². The number of nitrogens with zero attached hydrogens (tertiary/aromatic N) is 1. The van der Waals surface area contributed by atoms with Gasteiger partial charge >= 0.3 is 11.8 Å². The van der Waals surface area contributed by atoms with E-state index in [0.29, 0.717) is 5.56 Å². The van der Waals surface area contributed by atoms with Gasteiger partial charge in [-0.2, -0.15) is 0 Å². The minimum atomic E-state index is -1.14. The van der Waals surface area contributed by atoms with Gasteiger partial charge in [0.05, 0.1) is 5.69 Å². The Morgan fingerprint density at radius 2 is 2.15 bits per heavy atom. The number of thiophene rings is 1. The molecular weight excluding hydrogens is 286 g/mol. The molecule has 104 valence electrons. The van der Waals surface area contributed by atoms with E-state index in [0.717, 1.165) is 17.4 Å². The highest BCUT2D eigenvalue weighted by molar-refractivity contribution is 7.12. The zero-order chi connectivity index (χ0) is 14.9. The van der Waals surface area contributed by atoms with Gasteiger partial charge < -0.3 is 20.5 Å². The van der Waals surface area contributed by atoms with E-state index < -0.39 is 16.8 Å². The summed E-state index contributed by atoms with van der Waals surface area (Å²) in [7, 11) is 0. The van der Waals surface area contributed by atoms with Gasteiger partial charge in [-0.25, -0.2) is 9.78 Å². The first-order valence-electron chi connectivity index (χ1n) is 5.36. The Kier molecular flexibility index (Phi) is 3.53. The molecule has 0 unspecified atom stereocenters. The Morgan fingerprint density at radius 1 is 1.45 bits per heavy atom. The molecule has 2 rings (SSSR count). The lowest BCUT2D eigenvalue weighted by Crippen LogP contribution is -2.14. The van der Waals surface area contributed by atoms with Crippen molar-refractivity contribution < 1.29 is 19.6 Å². The van der Waals surface area contributed by atoms with Crippen LogP contribution >= 0.6 is 11.3 Å². The highest BCUT2D eigenvalue weighted by Crippen LogP contribution is 2.28. The van der Waals surface area contributed by atoms with Crippen LogP contribution in [0.2, 0.25) is 0 Å². The van der Waals surface area contributed by atoms with Crippen LogP contribution in [-0.4, -0.2) is 26.9 Å². The average molecular weight is 295 g/mol. The van der Waals surface area contributed by atoms with Crippen molar-refractivity contribution in [2.24, 2.45) is 0 Å². The number of amides is 1. The zero-order valence-corrected chi connectivity index (χ0v) is 11.0. The Labute approximate surface area is 116 Å². The number of aromatic carboxylic acids is 1. The van der Waals surface area contributed by atoms with Crippen molar-refractivity contribution in [3.8, 4) is 0 Å². The molecule has 0 saturated heterocycles. The largest absolute Gasteiger partial charge is 0.477 e. The molecule has 1 amide bonds. The Bertz CT molecular complexity index is 703. The second-order valence-electron chi connectivity index (χ2n) is 3.90. The molecule has 2 heterocycles. The summed E-state index contributed by atoms with van der Waals surface area (Å²) in [6.07, 6.45) is 0. The smallest absolute Gasteiger partial charge is 0.348 e. The van der Waals surface area contributed by atoms with Gasteiger partial charge in [-0.15, -0.1) is 11.3 Å². The summed E-state index contributed by atoms with van der Waals surface area (Å²) < 4.78 is 0. The van der Waals surface area contributed by atoms with Crippen molar-refractivity contribution in [2.45, 2.75) is 6.92 Å². The molecule has 0 aromatic carbocycles. The van der Waals surface area contributed by atoms with E-state index in [-0.39, 0.29) is 22.1 Å². The van der Waals surface area contributed by atoms with E-state index in [1.165, 1.54) is 6.07 Å². The third kappa shape index (κ3) is 2.52. The standard InChI is InChI=1S/C11H9N3O5S/c1-5-4-20-9(11(16)17)8(5)13-10(15)6-2-3-7(12-6)14(18)19/h2-4,12H,1H3,(H,13,15)(H,16,17). The summed E-state index contributed by atoms with van der Waals surface area (Å²) in [4.78, 5) is 35.1. The number of aromatic amines is 1. The Hall–Kier alpha value is -2.68. The monoisotopic (exact) mass is 295 g/mol. The summed E-state index contributed by atoms with van der Waals surface area (Å²) >= 11 is 0.999. The van der Waals surface area contributed by atoms with Crippen LogP contribution in [0.3, 0.4) is 0 Å². The summed E-state index contributed by atoms with van der Waals surface area (Å²) in [6, 6.07) is 2.42. The zero-order valence-electron chi connectivity index (χ0n) is 10.2. The van der Waals surface area contributed by atoms with Crippen molar-refractivity contribution in [1.82, 2.24) is 4.98 Å². The lowest BCUT2D eigenvalue weighted by molar-refractivity contribution is -0.389. The van der Waals surface area contributed by atoms with E-state index in [4.69, 9.17) is 5.11 Å². The van der Waals surface area contributed by atoms with E-state index in [1.807, 2.05) is 0 Å². The van der Waals surface area contributed by atoms with Crippen LogP contribution in [0.4, 0.5) is 11.5 Å². The highest BCUT2D eigenvalue weighted by Gasteiger charge is 2.21. The molecule has 0 fully saturated rings. The second-order valence-corrected chi connectivity index (χ2v) is 4.78. The molecule has 20 heavy (non-hydrogen) atoms. The molecule has 8 nitrogen and oxygen atoms in total. The average Bonchev–Trinajstić information content (AvgIpc) is 2.97. The maximum Gasteiger partial charge on any atom is 0.348 e. The predicted molar refractivity (Wildman–Crippen MR) is 71.4 cm³/mol. The molecule has 0 atom stereocenters. The number of hydrogen-bond donors (Lipinski definition) is 3. The molecule has 2 aromatic heterocycles. The van der Waals surface area contributed by atoms with Crippen molar-refractivity contribution in [1.29, 1.82) is 0 Å². The number of nitrogens with one attached hydrogen (secondary N) is 2. The molecule has 3 N–H and O–H groups in total. The molecule has 0 aliphatic carbocycles. The quantitative estimate of drug-likeness (QED) is 0.589. The topological polar surface area (TPSA) is 125 Å². The number of carboxylic acids is 1. The molecule has 0 spiro atoms. The van der Waals surface area contributed by atoms with E-state index in [1.54, 1.807) is 12.3 Å². The number of carboxylic acid groups (broad SMARTS) is 1. The first-order chi connectivity index (χ1) is 9.40. The summed E-state index contributed by atoms with van der Waals surface area (Å²) in [5.74, 6) is -2.09. The maximum absolute atomic E-state index is 11.9. The van der Waals surface area contributed by atoms with Crippen molar-refractivity contribution >= 4 is 34.7 Å². The van der Waals surface area contributed by atoms with E-state index in [2.05, 4.69) is 10.3 Å². The lowest BCUT2D eigenvalue weighted by atomic mass is 10.2. The summed E-state index contributed by atoms with van der Waals surface area (Å²) in [5, 5.41) is 23.6. The number of H-pyrrole nitrogens is 1. The summed E-state index contributed by atoms with van der Waals surface area (Å²) in [5.41, 5.74) is 0.796. The molecule has 2 aromatic rings. The Balaban J connectivity index is 2.25. The summed E-state index contributed by atoms with van der Waals surface area (Å²) in [6.45, 7) is 1.66. The minimum absolute atomic E-state index is 0.0110. The van der Waals surface area contributed by atoms with Crippen LogP contribution in [0.1, 0.15) is 25.7 Å². The van der Waals surface area contributed by atoms with Gasteiger partial charge in [-0.1, -0.05) is 0 Å². The number of anilines is 1. The van der Waals surface area contributed by atoms with Crippen LogP contribution in [0.25, 0.3) is 0 Å². The molecule has 0 aliphatic rings. The van der Waals surface area contributed by atoms with Crippen molar-refractivity contribution in [3.05, 3.63) is 43.8 Å². The van der Waals surface area contributed by atoms with Crippen molar-refractivity contribution in [3.63, 3.8) is 0 Å². The fourth-order valence-corrected chi connectivity index (χ4v) is 2.40.